The summed E-state index contributed by atoms with van der Waals surface area (Å²) in [7, 11) is 1.47. The number of methoxy groups -OCH3 is 1. The zero-order valence-electron chi connectivity index (χ0n) is 17.8. The van der Waals surface area contributed by atoms with Crippen LogP contribution in [0.15, 0.2) is 48.0 Å². The molecule has 1 N–H and O–H groups in total. The van der Waals surface area contributed by atoms with Gasteiger partial charge in [-0.2, -0.15) is 5.26 Å². The highest BCUT2D eigenvalue weighted by molar-refractivity contribution is 6.44. The lowest BCUT2D eigenvalue weighted by Gasteiger charge is -2.14. The summed E-state index contributed by atoms with van der Waals surface area (Å²) in [4.78, 5) is 23.5. The van der Waals surface area contributed by atoms with E-state index in [1.807, 2.05) is 6.07 Å². The van der Waals surface area contributed by atoms with E-state index in [1.54, 1.807) is 42.7 Å². The van der Waals surface area contributed by atoms with Gasteiger partial charge in [-0.05, 0) is 49.8 Å². The molecule has 33 heavy (non-hydrogen) atoms. The van der Waals surface area contributed by atoms with Crippen LogP contribution < -0.4 is 10.1 Å². The second-order valence-corrected chi connectivity index (χ2v) is 7.79. The molecule has 0 unspecified atom stereocenters. The van der Waals surface area contributed by atoms with Crippen molar-refractivity contribution in [2.24, 2.45) is 0 Å². The molecule has 3 rings (SSSR count). The molecule has 0 fully saturated rings. The van der Waals surface area contributed by atoms with Crippen molar-refractivity contribution < 1.29 is 14.5 Å². The molecular weight excluding hydrogens is 467 g/mol. The van der Waals surface area contributed by atoms with Gasteiger partial charge in [0.15, 0.2) is 0 Å². The highest BCUT2D eigenvalue weighted by Crippen LogP contribution is 2.33. The number of nitriles is 1. The number of carbonyl (C=O) groups is 1. The van der Waals surface area contributed by atoms with Crippen molar-refractivity contribution in [2.75, 3.05) is 12.4 Å². The number of benzene rings is 2. The first kappa shape index (κ1) is 23.9. The number of rotatable bonds is 6. The van der Waals surface area contributed by atoms with Gasteiger partial charge in [0, 0.05) is 23.5 Å². The zero-order chi connectivity index (χ0) is 24.3. The van der Waals surface area contributed by atoms with Crippen LogP contribution in [0.4, 0.5) is 11.4 Å². The Hall–Kier alpha value is -3.80. The molecule has 1 amide bonds. The van der Waals surface area contributed by atoms with Gasteiger partial charge in [0.2, 0.25) is 0 Å². The van der Waals surface area contributed by atoms with Gasteiger partial charge in [0.25, 0.3) is 11.6 Å². The Balaban J connectivity index is 2.03. The Morgan fingerprint density at radius 2 is 1.97 bits per heavy atom. The molecule has 0 aliphatic carbocycles. The summed E-state index contributed by atoms with van der Waals surface area (Å²) < 4.78 is 7.15. The first-order valence-corrected chi connectivity index (χ1v) is 10.3. The van der Waals surface area contributed by atoms with Crippen LogP contribution in [-0.4, -0.2) is 22.5 Å². The van der Waals surface area contributed by atoms with Crippen molar-refractivity contribution in [3.05, 3.63) is 85.1 Å². The molecule has 0 radical (unpaired) electrons. The maximum Gasteiger partial charge on any atom is 0.271 e. The van der Waals surface area contributed by atoms with Gasteiger partial charge in [0.05, 0.1) is 33.5 Å². The fraction of sp³-hybridized carbons (Fsp3) is 0.130. The predicted octanol–water partition coefficient (Wildman–Crippen LogP) is 5.86. The van der Waals surface area contributed by atoms with Crippen molar-refractivity contribution in [2.45, 2.75) is 13.8 Å². The molecule has 8 nitrogen and oxygen atoms in total. The maximum atomic E-state index is 12.7. The molecule has 0 saturated heterocycles. The highest BCUT2D eigenvalue weighted by atomic mass is 35.5. The molecule has 0 aliphatic rings. The van der Waals surface area contributed by atoms with Gasteiger partial charge in [-0.1, -0.05) is 29.3 Å². The lowest BCUT2D eigenvalue weighted by atomic mass is 10.1. The number of hydrogen-bond donors (Lipinski definition) is 1. The number of halogens is 2. The van der Waals surface area contributed by atoms with E-state index in [-0.39, 0.29) is 27.0 Å². The molecule has 0 saturated carbocycles. The molecule has 1 heterocycles. The van der Waals surface area contributed by atoms with Crippen molar-refractivity contribution in [3.63, 3.8) is 0 Å². The third-order valence-corrected chi connectivity index (χ3v) is 5.77. The first-order chi connectivity index (χ1) is 15.7. The fourth-order valence-electron chi connectivity index (χ4n) is 3.37. The number of carbonyl (C=O) groups excluding carboxylic acids is 1. The molecule has 2 aromatic carbocycles. The van der Waals surface area contributed by atoms with Crippen LogP contribution in [0.3, 0.4) is 0 Å². The van der Waals surface area contributed by atoms with Crippen molar-refractivity contribution in [1.29, 1.82) is 5.26 Å². The molecular formula is C23H18Cl2N4O4. The minimum absolute atomic E-state index is 0.0918. The first-order valence-electron chi connectivity index (χ1n) is 9.56. The topological polar surface area (TPSA) is 110 Å². The normalized spacial score (nSPS) is 11.1. The van der Waals surface area contributed by atoms with Gasteiger partial charge in [-0.3, -0.25) is 14.9 Å². The van der Waals surface area contributed by atoms with Crippen molar-refractivity contribution >= 4 is 46.6 Å². The summed E-state index contributed by atoms with van der Waals surface area (Å²) in [6.45, 7) is 3.58. The van der Waals surface area contributed by atoms with Crippen molar-refractivity contribution in [3.8, 4) is 17.5 Å². The highest BCUT2D eigenvalue weighted by Gasteiger charge is 2.19. The number of non-ortho nitro benzene ring substituents is 1. The monoisotopic (exact) mass is 484 g/mol. The minimum atomic E-state index is -0.653. The third kappa shape index (κ3) is 4.85. The van der Waals surface area contributed by atoms with Gasteiger partial charge >= 0.3 is 0 Å². The summed E-state index contributed by atoms with van der Waals surface area (Å²) in [5.74, 6) is -0.217. The van der Waals surface area contributed by atoms with E-state index < -0.39 is 10.8 Å². The van der Waals surface area contributed by atoms with E-state index in [9.17, 15) is 20.2 Å². The Kier molecular flexibility index (Phi) is 7.07. The number of amides is 1. The van der Waals surface area contributed by atoms with Crippen LogP contribution in [0.5, 0.6) is 5.75 Å². The predicted molar refractivity (Wildman–Crippen MR) is 127 cm³/mol. The number of hydrogen-bond acceptors (Lipinski definition) is 5. The average Bonchev–Trinajstić information content (AvgIpc) is 3.07. The van der Waals surface area contributed by atoms with E-state index in [4.69, 9.17) is 27.9 Å². The number of nitro benzene ring substituents is 1. The Labute approximate surface area is 199 Å². The molecule has 0 bridgehead atoms. The Morgan fingerprint density at radius 3 is 2.61 bits per heavy atom. The molecule has 10 heteroatoms. The molecule has 0 atom stereocenters. The molecule has 0 spiro atoms. The number of aromatic nitrogens is 1. The largest absolute Gasteiger partial charge is 0.495 e. The van der Waals surface area contributed by atoms with Gasteiger partial charge < -0.3 is 14.6 Å². The summed E-state index contributed by atoms with van der Waals surface area (Å²) in [5.41, 5.74) is 2.48. The Morgan fingerprint density at radius 1 is 1.24 bits per heavy atom. The minimum Gasteiger partial charge on any atom is -0.495 e. The zero-order valence-corrected chi connectivity index (χ0v) is 19.4. The van der Waals surface area contributed by atoms with E-state index in [1.165, 1.54) is 31.4 Å². The van der Waals surface area contributed by atoms with E-state index in [0.29, 0.717) is 22.7 Å². The number of anilines is 1. The van der Waals surface area contributed by atoms with Crippen molar-refractivity contribution in [1.82, 2.24) is 4.57 Å². The third-order valence-electron chi connectivity index (χ3n) is 4.95. The smallest absolute Gasteiger partial charge is 0.271 e. The van der Waals surface area contributed by atoms with E-state index in [2.05, 4.69) is 5.32 Å². The number of nitrogens with zero attached hydrogens (tertiary/aromatic N) is 3. The van der Waals surface area contributed by atoms with Crippen LogP contribution in [0.1, 0.15) is 17.0 Å². The molecule has 0 aliphatic heterocycles. The molecule has 3 aromatic rings. The fourth-order valence-corrected chi connectivity index (χ4v) is 3.71. The number of nitrogens with one attached hydrogen (secondary N) is 1. The number of ether oxygens (including phenoxy) is 1. The number of nitro groups is 1. The van der Waals surface area contributed by atoms with Gasteiger partial charge in [0.1, 0.15) is 17.4 Å². The second-order valence-electron chi connectivity index (χ2n) is 7.00. The van der Waals surface area contributed by atoms with Crippen LogP contribution in [0.2, 0.25) is 10.0 Å². The number of aryl methyl sites for hydroxylation is 1. The van der Waals surface area contributed by atoms with E-state index in [0.717, 1.165) is 5.69 Å². The van der Waals surface area contributed by atoms with Gasteiger partial charge in [-0.15, -0.1) is 0 Å². The quantitative estimate of drug-likeness (QED) is 0.203. The lowest BCUT2D eigenvalue weighted by molar-refractivity contribution is -0.384. The summed E-state index contributed by atoms with van der Waals surface area (Å²) in [6.07, 6.45) is 1.44. The standard InChI is InChI=1S/C23H18Cl2N4O4/c1-13-9-15(10-16(12-26)23(30)27-19-6-4-5-18(24)22(19)25)14(2)28(13)20-11-17(29(31)32)7-8-21(20)33-3/h4-11H,1-3H3,(H,27,30)/b16-10+. The van der Waals surface area contributed by atoms with Crippen LogP contribution in [-0.2, 0) is 4.79 Å². The van der Waals surface area contributed by atoms with Crippen LogP contribution >= 0.6 is 23.2 Å². The molecule has 168 valence electrons. The van der Waals surface area contributed by atoms with Gasteiger partial charge in [-0.25, -0.2) is 0 Å². The maximum absolute atomic E-state index is 12.7. The summed E-state index contributed by atoms with van der Waals surface area (Å²) in [6, 6.07) is 12.7. The van der Waals surface area contributed by atoms with Crippen LogP contribution in [0.25, 0.3) is 11.8 Å². The summed E-state index contributed by atoms with van der Waals surface area (Å²) in [5, 5.41) is 23.9. The molecule has 1 aromatic heterocycles. The Bertz CT molecular complexity index is 1340. The summed E-state index contributed by atoms with van der Waals surface area (Å²) >= 11 is 12.1. The SMILES string of the molecule is COc1ccc([N+](=O)[O-])cc1-n1c(C)cc(/C=C(\C#N)C(=O)Nc2cccc(Cl)c2Cl)c1C. The van der Waals surface area contributed by atoms with Crippen LogP contribution in [0, 0.1) is 35.3 Å². The van der Waals surface area contributed by atoms with E-state index >= 15 is 0 Å². The second kappa shape index (κ2) is 9.77. The lowest BCUT2D eigenvalue weighted by Crippen LogP contribution is -2.13. The average molecular weight is 485 g/mol.